The second kappa shape index (κ2) is 7.90. The van der Waals surface area contributed by atoms with Gasteiger partial charge in [0.05, 0.1) is 11.7 Å². The average Bonchev–Trinajstić information content (AvgIpc) is 3.11. The molecule has 4 aliphatic rings. The van der Waals surface area contributed by atoms with Crippen LogP contribution in [0.1, 0.15) is 82.5 Å². The molecule has 0 heterocycles. The zero-order valence-corrected chi connectivity index (χ0v) is 19.8. The van der Waals surface area contributed by atoms with Gasteiger partial charge in [-0.1, -0.05) is 39.0 Å². The Bertz CT molecular complexity index is 806. The van der Waals surface area contributed by atoms with Gasteiger partial charge in [-0.2, -0.15) is 0 Å². The van der Waals surface area contributed by atoms with Crippen molar-refractivity contribution in [1.82, 2.24) is 0 Å². The lowest BCUT2D eigenvalue weighted by molar-refractivity contribution is -0.149. The Kier molecular flexibility index (Phi) is 5.48. The number of methoxy groups -OCH3 is 1. The van der Waals surface area contributed by atoms with E-state index in [2.05, 4.69) is 20.8 Å². The van der Waals surface area contributed by atoms with Gasteiger partial charge in [-0.3, -0.25) is 0 Å². The second-order valence-corrected chi connectivity index (χ2v) is 11.7. The summed E-state index contributed by atoms with van der Waals surface area (Å²) >= 11 is 0. The molecule has 1 aromatic carbocycles. The summed E-state index contributed by atoms with van der Waals surface area (Å²) in [5, 5.41) is 0. The molecular weight excluding hydrogens is 384 g/mol. The third-order valence-corrected chi connectivity index (χ3v) is 10.4. The van der Waals surface area contributed by atoms with Crippen LogP contribution in [0.4, 0.5) is 0 Å². The molecule has 0 unspecified atom stereocenters. The molecule has 0 bridgehead atoms. The maximum atomic E-state index is 12.7. The number of fused-ring (bicyclic) bond motifs is 5. The van der Waals surface area contributed by atoms with Gasteiger partial charge in [0.1, 0.15) is 6.10 Å². The van der Waals surface area contributed by atoms with Crippen molar-refractivity contribution in [2.24, 2.45) is 40.4 Å². The lowest BCUT2D eigenvalue weighted by Crippen LogP contribution is -2.56. The van der Waals surface area contributed by atoms with E-state index >= 15 is 0 Å². The molecule has 3 heteroatoms. The van der Waals surface area contributed by atoms with E-state index in [9.17, 15) is 4.79 Å². The Morgan fingerprint density at radius 1 is 0.968 bits per heavy atom. The minimum Gasteiger partial charge on any atom is -0.458 e. The topological polar surface area (TPSA) is 35.5 Å². The van der Waals surface area contributed by atoms with Crippen LogP contribution >= 0.6 is 0 Å². The van der Waals surface area contributed by atoms with E-state index in [1.54, 1.807) is 0 Å². The highest BCUT2D eigenvalue weighted by Gasteiger charge is 2.61. The summed E-state index contributed by atoms with van der Waals surface area (Å²) in [6.07, 6.45) is 10.7. The molecule has 5 rings (SSSR count). The molecule has 0 amide bonds. The van der Waals surface area contributed by atoms with Gasteiger partial charge in [0, 0.05) is 7.11 Å². The van der Waals surface area contributed by atoms with Crippen molar-refractivity contribution in [3.8, 4) is 0 Å². The molecule has 31 heavy (non-hydrogen) atoms. The van der Waals surface area contributed by atoms with Gasteiger partial charge in [0.15, 0.2) is 0 Å². The van der Waals surface area contributed by atoms with E-state index in [4.69, 9.17) is 9.47 Å². The third kappa shape index (κ3) is 3.37. The van der Waals surface area contributed by atoms with Gasteiger partial charge >= 0.3 is 5.97 Å². The highest BCUT2D eigenvalue weighted by Crippen LogP contribution is 2.67. The average molecular weight is 425 g/mol. The molecule has 0 radical (unpaired) electrons. The minimum atomic E-state index is -0.153. The summed E-state index contributed by atoms with van der Waals surface area (Å²) in [6, 6.07) is 9.48. The largest absolute Gasteiger partial charge is 0.458 e. The molecule has 3 nitrogen and oxygen atoms in total. The van der Waals surface area contributed by atoms with Crippen LogP contribution in [0.25, 0.3) is 0 Å². The highest BCUT2D eigenvalue weighted by atomic mass is 16.5. The number of carbonyl (C=O) groups excluding carboxylic acids is 1. The first-order valence-electron chi connectivity index (χ1n) is 12.7. The number of hydrogen-bond acceptors (Lipinski definition) is 3. The maximum Gasteiger partial charge on any atom is 0.338 e. The molecule has 4 fully saturated rings. The number of rotatable bonds is 3. The summed E-state index contributed by atoms with van der Waals surface area (Å²) in [7, 11) is 1.92. The van der Waals surface area contributed by atoms with E-state index in [0.29, 0.717) is 34.3 Å². The van der Waals surface area contributed by atoms with Crippen molar-refractivity contribution >= 4 is 5.97 Å². The van der Waals surface area contributed by atoms with Crippen molar-refractivity contribution in [1.29, 1.82) is 0 Å². The number of benzene rings is 1. The minimum absolute atomic E-state index is 0.0561. The van der Waals surface area contributed by atoms with Gasteiger partial charge in [0.2, 0.25) is 0 Å². The van der Waals surface area contributed by atoms with Crippen molar-refractivity contribution in [3.05, 3.63) is 35.9 Å². The monoisotopic (exact) mass is 424 g/mol. The Morgan fingerprint density at radius 2 is 1.71 bits per heavy atom. The molecule has 0 saturated heterocycles. The van der Waals surface area contributed by atoms with E-state index in [-0.39, 0.29) is 12.1 Å². The zero-order valence-electron chi connectivity index (χ0n) is 19.8. The van der Waals surface area contributed by atoms with Gasteiger partial charge in [-0.15, -0.1) is 0 Å². The standard InChI is InChI=1S/C28H40O3/c1-18-17-28(3)20(16-24(18)31-26(29)19-8-6-5-7-9-19)10-11-21-22-12-13-25(30-4)27(22,2)15-14-23(21)28/h5-9,18,20-25H,10-17H2,1-4H3/t18-,20-,21-,22-,23-,24-,25-,27-,28-/m0/s1. The highest BCUT2D eigenvalue weighted by molar-refractivity contribution is 5.89. The number of carbonyl (C=O) groups is 1. The summed E-state index contributed by atoms with van der Waals surface area (Å²) in [6.45, 7) is 7.43. The smallest absolute Gasteiger partial charge is 0.338 e. The van der Waals surface area contributed by atoms with Gasteiger partial charge in [-0.25, -0.2) is 4.79 Å². The fraction of sp³-hybridized carbons (Fsp3) is 0.750. The molecule has 170 valence electrons. The molecule has 4 saturated carbocycles. The Morgan fingerprint density at radius 3 is 2.45 bits per heavy atom. The van der Waals surface area contributed by atoms with Crippen LogP contribution in [0, 0.1) is 40.4 Å². The van der Waals surface area contributed by atoms with Crippen LogP contribution in [-0.2, 0) is 9.47 Å². The Balaban J connectivity index is 1.32. The lowest BCUT2D eigenvalue weighted by atomic mass is 9.44. The van der Waals surface area contributed by atoms with Gasteiger partial charge in [-0.05, 0) is 104 Å². The number of hydrogen-bond donors (Lipinski definition) is 0. The van der Waals surface area contributed by atoms with E-state index in [1.807, 2.05) is 37.4 Å². The molecular formula is C28H40O3. The molecule has 9 atom stereocenters. The molecule has 0 aromatic heterocycles. The quantitative estimate of drug-likeness (QED) is 0.518. The SMILES string of the molecule is CO[C@H]1CC[C@H]2[C@@H]3CC[C@H]4C[C@H](OC(=O)c5ccccc5)[C@@H](C)C[C@]4(C)[C@H]3CC[C@]12C. The lowest BCUT2D eigenvalue weighted by Gasteiger charge is -2.61. The number of ether oxygens (including phenoxy) is 2. The molecule has 0 aliphatic heterocycles. The van der Waals surface area contributed by atoms with Crippen molar-refractivity contribution < 1.29 is 14.3 Å². The predicted octanol–water partition coefficient (Wildman–Crippen LogP) is 6.52. The molecule has 0 spiro atoms. The summed E-state index contributed by atoms with van der Waals surface area (Å²) < 4.78 is 12.0. The Labute approximate surface area is 188 Å². The van der Waals surface area contributed by atoms with Crippen molar-refractivity contribution in [2.45, 2.75) is 84.3 Å². The zero-order chi connectivity index (χ0) is 21.8. The molecule has 1 aromatic rings. The normalized spacial score (nSPS) is 46.5. The van der Waals surface area contributed by atoms with Crippen LogP contribution in [0.3, 0.4) is 0 Å². The van der Waals surface area contributed by atoms with Gasteiger partial charge < -0.3 is 9.47 Å². The third-order valence-electron chi connectivity index (χ3n) is 10.4. The Hall–Kier alpha value is -1.35. The summed E-state index contributed by atoms with van der Waals surface area (Å²) in [4.78, 5) is 12.7. The van der Waals surface area contributed by atoms with Crippen molar-refractivity contribution in [3.63, 3.8) is 0 Å². The van der Waals surface area contributed by atoms with Crippen LogP contribution in [0.2, 0.25) is 0 Å². The second-order valence-electron chi connectivity index (χ2n) is 11.7. The predicted molar refractivity (Wildman–Crippen MR) is 123 cm³/mol. The molecule has 0 N–H and O–H groups in total. The first-order chi connectivity index (χ1) is 14.9. The van der Waals surface area contributed by atoms with Crippen LogP contribution in [0.5, 0.6) is 0 Å². The summed E-state index contributed by atoms with van der Waals surface area (Å²) in [5.74, 6) is 3.47. The van der Waals surface area contributed by atoms with Crippen LogP contribution in [0.15, 0.2) is 30.3 Å². The maximum absolute atomic E-state index is 12.7. The summed E-state index contributed by atoms with van der Waals surface area (Å²) in [5.41, 5.74) is 1.45. The molecule has 4 aliphatic carbocycles. The van der Waals surface area contributed by atoms with Crippen LogP contribution < -0.4 is 0 Å². The van der Waals surface area contributed by atoms with E-state index in [1.165, 1.54) is 44.9 Å². The van der Waals surface area contributed by atoms with Crippen molar-refractivity contribution in [2.75, 3.05) is 7.11 Å². The first-order valence-corrected chi connectivity index (χ1v) is 12.7. The first kappa shape index (κ1) is 21.5. The fourth-order valence-corrected chi connectivity index (χ4v) is 8.86. The van der Waals surface area contributed by atoms with Crippen LogP contribution in [-0.4, -0.2) is 25.3 Å². The van der Waals surface area contributed by atoms with Gasteiger partial charge in [0.25, 0.3) is 0 Å². The van der Waals surface area contributed by atoms with E-state index in [0.717, 1.165) is 24.2 Å². The van der Waals surface area contributed by atoms with E-state index < -0.39 is 0 Å². The number of esters is 1. The fourth-order valence-electron chi connectivity index (χ4n) is 8.86.